The number of nitrogens with zero attached hydrogens (tertiary/aromatic N) is 1. The SMILES string of the molecule is CCOc1ccc(NC(=S)N(CCO)Cc2cc3cc(C)cc(C)c3[nH]c2=O)cc1.O=C(O)[C@@H](O)[C@H]1OC(=O)[C@H](O)[C@H]1O. The number of ether oxygens (including phenoxy) is 2. The van der Waals surface area contributed by atoms with E-state index in [9.17, 15) is 19.5 Å². The molecule has 1 aromatic heterocycles. The Balaban J connectivity index is 0.000000326. The third-order valence-corrected chi connectivity index (χ3v) is 6.88. The minimum atomic E-state index is -2.03. The van der Waals surface area contributed by atoms with Crippen LogP contribution < -0.4 is 15.6 Å². The Morgan fingerprint density at radius 2 is 1.84 bits per heavy atom. The van der Waals surface area contributed by atoms with E-state index in [1.54, 1.807) is 4.90 Å². The zero-order valence-corrected chi connectivity index (χ0v) is 24.6. The molecule has 0 aliphatic carbocycles. The number of carboxylic acids is 1. The largest absolute Gasteiger partial charge is 0.494 e. The van der Waals surface area contributed by atoms with E-state index in [1.165, 1.54) is 0 Å². The molecular formula is C29H35N3O10S. The van der Waals surface area contributed by atoms with Crippen LogP contribution in [0.15, 0.2) is 47.3 Å². The summed E-state index contributed by atoms with van der Waals surface area (Å²) < 4.78 is 9.69. The lowest BCUT2D eigenvalue weighted by molar-refractivity contribution is -0.161. The summed E-state index contributed by atoms with van der Waals surface area (Å²) in [6.45, 7) is 7.09. The Bertz CT molecular complexity index is 1510. The number of aryl methyl sites for hydroxylation is 2. The van der Waals surface area contributed by atoms with Gasteiger partial charge in [-0.15, -0.1) is 0 Å². The molecule has 4 rings (SSSR count). The summed E-state index contributed by atoms with van der Waals surface area (Å²) in [5.41, 5.74) is 4.27. The number of pyridine rings is 1. The van der Waals surface area contributed by atoms with Crippen LogP contribution in [0.2, 0.25) is 0 Å². The zero-order chi connectivity index (χ0) is 31.8. The lowest BCUT2D eigenvalue weighted by Crippen LogP contribution is -2.42. The molecule has 0 bridgehead atoms. The first-order chi connectivity index (χ1) is 20.4. The fourth-order valence-corrected chi connectivity index (χ4v) is 4.69. The van der Waals surface area contributed by atoms with Gasteiger partial charge in [0.25, 0.3) is 5.56 Å². The maximum Gasteiger partial charge on any atom is 0.338 e. The molecule has 2 heterocycles. The van der Waals surface area contributed by atoms with Gasteiger partial charge in [-0.2, -0.15) is 0 Å². The molecule has 232 valence electrons. The molecule has 0 radical (unpaired) electrons. The number of esters is 1. The third-order valence-electron chi connectivity index (χ3n) is 6.52. The number of hydrogen-bond donors (Lipinski definition) is 7. The fourth-order valence-electron chi connectivity index (χ4n) is 4.42. The predicted molar refractivity (Wildman–Crippen MR) is 161 cm³/mol. The number of aromatic nitrogens is 1. The van der Waals surface area contributed by atoms with Crippen LogP contribution in [-0.2, 0) is 20.9 Å². The van der Waals surface area contributed by atoms with E-state index in [0.29, 0.717) is 30.4 Å². The van der Waals surface area contributed by atoms with Gasteiger partial charge in [0.1, 0.15) is 11.9 Å². The van der Waals surface area contributed by atoms with Crippen LogP contribution in [0.1, 0.15) is 23.6 Å². The maximum atomic E-state index is 12.7. The molecule has 14 heteroatoms. The van der Waals surface area contributed by atoms with Gasteiger partial charge in [0, 0.05) is 17.8 Å². The van der Waals surface area contributed by atoms with Gasteiger partial charge in [-0.05, 0) is 80.3 Å². The number of thiocarbonyl (C=S) groups is 1. The van der Waals surface area contributed by atoms with Gasteiger partial charge >= 0.3 is 11.9 Å². The van der Waals surface area contributed by atoms with Crippen molar-refractivity contribution < 1.29 is 44.6 Å². The number of benzene rings is 2. The second-order valence-electron chi connectivity index (χ2n) is 9.82. The Labute approximate surface area is 252 Å². The predicted octanol–water partition coefficient (Wildman–Crippen LogP) is 0.814. The summed E-state index contributed by atoms with van der Waals surface area (Å²) in [7, 11) is 0. The van der Waals surface area contributed by atoms with Gasteiger partial charge in [0.15, 0.2) is 23.4 Å². The monoisotopic (exact) mass is 617 g/mol. The molecule has 1 saturated heterocycles. The second-order valence-corrected chi connectivity index (χ2v) is 10.2. The molecule has 0 spiro atoms. The third kappa shape index (κ3) is 8.49. The van der Waals surface area contributed by atoms with E-state index >= 15 is 0 Å². The lowest BCUT2D eigenvalue weighted by atomic mass is 10.1. The molecule has 13 nitrogen and oxygen atoms in total. The van der Waals surface area contributed by atoms with Gasteiger partial charge in [-0.25, -0.2) is 9.59 Å². The van der Waals surface area contributed by atoms with E-state index in [4.69, 9.17) is 37.4 Å². The average molecular weight is 618 g/mol. The highest BCUT2D eigenvalue weighted by Crippen LogP contribution is 2.20. The number of aliphatic hydroxyl groups is 4. The molecule has 1 aliphatic heterocycles. The molecule has 0 saturated carbocycles. The fraction of sp³-hybridized carbons (Fsp3) is 0.379. The minimum Gasteiger partial charge on any atom is -0.494 e. The Hall–Kier alpha value is -4.08. The summed E-state index contributed by atoms with van der Waals surface area (Å²) in [5, 5.41) is 49.1. The Morgan fingerprint density at radius 1 is 1.16 bits per heavy atom. The number of aliphatic hydroxyl groups excluding tert-OH is 4. The average Bonchev–Trinajstić information content (AvgIpc) is 3.21. The number of aromatic amines is 1. The van der Waals surface area contributed by atoms with E-state index in [2.05, 4.69) is 21.1 Å². The van der Waals surface area contributed by atoms with Crippen molar-refractivity contribution in [2.75, 3.05) is 25.1 Å². The molecule has 7 N–H and O–H groups in total. The molecule has 43 heavy (non-hydrogen) atoms. The number of cyclic esters (lactones) is 1. The Kier molecular flexibility index (Phi) is 11.6. The number of nitrogens with one attached hydrogen (secondary N) is 2. The van der Waals surface area contributed by atoms with Crippen LogP contribution >= 0.6 is 12.2 Å². The normalized spacial score (nSPS) is 18.3. The number of carbonyl (C=O) groups excluding carboxylic acids is 1. The van der Waals surface area contributed by atoms with E-state index in [0.717, 1.165) is 33.5 Å². The number of H-pyrrole nitrogens is 1. The molecular weight excluding hydrogens is 582 g/mol. The number of anilines is 1. The Morgan fingerprint density at radius 3 is 2.40 bits per heavy atom. The van der Waals surface area contributed by atoms with E-state index < -0.39 is 36.4 Å². The number of aliphatic carboxylic acids is 1. The summed E-state index contributed by atoms with van der Waals surface area (Å²) >= 11 is 5.55. The molecule has 0 unspecified atom stereocenters. The number of carboxylic acid groups (broad SMARTS) is 1. The highest BCUT2D eigenvalue weighted by Gasteiger charge is 2.48. The molecule has 0 amide bonds. The van der Waals surface area contributed by atoms with Gasteiger partial charge in [-0.1, -0.05) is 11.6 Å². The van der Waals surface area contributed by atoms with Gasteiger partial charge in [0.05, 0.1) is 25.3 Å². The molecule has 3 aromatic rings. The molecule has 2 aromatic carbocycles. The van der Waals surface area contributed by atoms with Crippen LogP contribution in [0.3, 0.4) is 0 Å². The number of rotatable bonds is 9. The van der Waals surface area contributed by atoms with Crippen LogP contribution in [0.5, 0.6) is 5.75 Å². The first-order valence-corrected chi connectivity index (χ1v) is 13.8. The van der Waals surface area contributed by atoms with E-state index in [-0.39, 0.29) is 12.2 Å². The second kappa shape index (κ2) is 14.9. The van der Waals surface area contributed by atoms with Crippen molar-refractivity contribution in [1.82, 2.24) is 9.88 Å². The van der Waals surface area contributed by atoms with Crippen LogP contribution in [0.25, 0.3) is 10.9 Å². The standard InChI is InChI=1S/C23H27N3O3S.C6H8O7/c1-4-29-20-7-5-19(6-8-20)24-23(30)26(9-10-27)14-18-13-17-12-15(2)11-16(3)21(17)25-22(18)28;7-1-2(8)6(12)13-4(1)3(9)5(10)11/h5-8,11-13,27H,4,9-10,14H2,1-3H3,(H,24,30)(H,25,28);1-4,7-9H,(H,10,11)/t;1-,2-,3+,4+/m.1/s1. The number of hydrogen-bond acceptors (Lipinski definition) is 10. The van der Waals surface area contributed by atoms with Crippen molar-refractivity contribution in [3.63, 3.8) is 0 Å². The molecule has 1 fully saturated rings. The van der Waals surface area contributed by atoms with Crippen molar-refractivity contribution in [3.8, 4) is 5.75 Å². The zero-order valence-electron chi connectivity index (χ0n) is 23.8. The van der Waals surface area contributed by atoms with Crippen LogP contribution in [-0.4, -0.2) is 96.6 Å². The number of fused-ring (bicyclic) bond motifs is 1. The van der Waals surface area contributed by atoms with Gasteiger partial charge < -0.3 is 50.2 Å². The first-order valence-electron chi connectivity index (χ1n) is 13.4. The van der Waals surface area contributed by atoms with Crippen molar-refractivity contribution in [2.45, 2.75) is 51.7 Å². The maximum absolute atomic E-state index is 12.7. The van der Waals surface area contributed by atoms with Gasteiger partial charge in [-0.3, -0.25) is 4.79 Å². The summed E-state index contributed by atoms with van der Waals surface area (Å²) in [4.78, 5) is 38.2. The smallest absolute Gasteiger partial charge is 0.338 e. The lowest BCUT2D eigenvalue weighted by Gasteiger charge is -2.25. The molecule has 1 aliphatic rings. The quantitative estimate of drug-likeness (QED) is 0.131. The minimum absolute atomic E-state index is 0.0746. The molecule has 4 atom stereocenters. The highest BCUT2D eigenvalue weighted by molar-refractivity contribution is 7.80. The van der Waals surface area contributed by atoms with Crippen LogP contribution in [0.4, 0.5) is 5.69 Å². The van der Waals surface area contributed by atoms with Gasteiger partial charge in [0.2, 0.25) is 0 Å². The van der Waals surface area contributed by atoms with Crippen molar-refractivity contribution in [3.05, 3.63) is 69.5 Å². The van der Waals surface area contributed by atoms with Crippen molar-refractivity contribution in [2.24, 2.45) is 0 Å². The van der Waals surface area contributed by atoms with Crippen molar-refractivity contribution >= 4 is 45.9 Å². The number of carbonyl (C=O) groups is 2. The summed E-state index contributed by atoms with van der Waals surface area (Å²) in [5.74, 6) is -1.99. The summed E-state index contributed by atoms with van der Waals surface area (Å²) in [6, 6.07) is 13.5. The highest BCUT2D eigenvalue weighted by atomic mass is 32.1. The summed E-state index contributed by atoms with van der Waals surface area (Å²) in [6.07, 6.45) is -7.14. The van der Waals surface area contributed by atoms with E-state index in [1.807, 2.05) is 57.2 Å². The first kappa shape index (κ1) is 33.4. The topological polar surface area (TPSA) is 202 Å². The van der Waals surface area contributed by atoms with Crippen LogP contribution in [0, 0.1) is 13.8 Å². The van der Waals surface area contributed by atoms with Crippen molar-refractivity contribution in [1.29, 1.82) is 0 Å².